The lowest BCUT2D eigenvalue weighted by molar-refractivity contribution is -0.140. The fraction of sp³-hybridized carbons (Fsp3) is 0.462. The Morgan fingerprint density at radius 2 is 1.57 bits per heavy atom. The minimum Gasteiger partial charge on any atom is -0.352 e. The van der Waals surface area contributed by atoms with Gasteiger partial charge >= 0.3 is 0 Å². The van der Waals surface area contributed by atoms with E-state index in [1.165, 1.54) is 11.0 Å². The van der Waals surface area contributed by atoms with Crippen LogP contribution in [0.25, 0.3) is 0 Å². The maximum Gasteiger partial charge on any atom is 0.244 e. The van der Waals surface area contributed by atoms with Crippen molar-refractivity contribution in [1.29, 1.82) is 0 Å². The number of sulfonamides is 1. The van der Waals surface area contributed by atoms with E-state index in [9.17, 15) is 18.0 Å². The van der Waals surface area contributed by atoms with Crippen LogP contribution in [0.5, 0.6) is 0 Å². The van der Waals surface area contributed by atoms with Crippen LogP contribution in [0.2, 0.25) is 15.1 Å². The normalized spacial score (nSPS) is 15.2. The van der Waals surface area contributed by atoms with Crippen LogP contribution >= 0.6 is 34.8 Å². The molecular weight excluding hydrogens is 557 g/mol. The Balaban J connectivity index is 1.97. The Kier molecular flexibility index (Phi) is 10.5. The van der Waals surface area contributed by atoms with E-state index in [1.807, 2.05) is 6.92 Å². The third-order valence-corrected chi connectivity index (χ3v) is 8.68. The molecule has 11 heteroatoms. The second kappa shape index (κ2) is 13.2. The molecule has 1 aliphatic rings. The number of benzene rings is 2. The van der Waals surface area contributed by atoms with Crippen LogP contribution in [-0.2, 0) is 26.2 Å². The predicted octanol–water partition coefficient (Wildman–Crippen LogP) is 5.67. The highest BCUT2D eigenvalue weighted by Gasteiger charge is 2.34. The van der Waals surface area contributed by atoms with Gasteiger partial charge < -0.3 is 10.2 Å². The van der Waals surface area contributed by atoms with Gasteiger partial charge in [-0.3, -0.25) is 13.9 Å². The number of hydrogen-bond acceptors (Lipinski definition) is 4. The van der Waals surface area contributed by atoms with E-state index >= 15 is 0 Å². The second-order valence-corrected chi connectivity index (χ2v) is 12.3. The molecule has 0 aliphatic heterocycles. The number of nitrogens with zero attached hydrogens (tertiary/aromatic N) is 2. The molecule has 0 aromatic heterocycles. The zero-order valence-corrected chi connectivity index (χ0v) is 24.0. The molecule has 0 heterocycles. The van der Waals surface area contributed by atoms with Gasteiger partial charge in [0.15, 0.2) is 0 Å². The molecule has 2 aromatic rings. The molecule has 1 aliphatic carbocycles. The lowest BCUT2D eigenvalue weighted by atomic mass is 9.95. The Morgan fingerprint density at radius 1 is 0.973 bits per heavy atom. The Labute approximate surface area is 234 Å². The van der Waals surface area contributed by atoms with Crippen LogP contribution in [0.15, 0.2) is 42.5 Å². The minimum absolute atomic E-state index is 0.0480. The molecule has 1 atom stereocenters. The molecule has 0 radical (unpaired) electrons. The average molecular weight is 589 g/mol. The fourth-order valence-corrected chi connectivity index (χ4v) is 6.23. The zero-order chi connectivity index (χ0) is 27.2. The third-order valence-electron chi connectivity index (χ3n) is 6.53. The molecule has 3 rings (SSSR count). The number of anilines is 1. The summed E-state index contributed by atoms with van der Waals surface area (Å²) < 4.78 is 26.4. The summed E-state index contributed by atoms with van der Waals surface area (Å²) in [7, 11) is -3.88. The van der Waals surface area contributed by atoms with Gasteiger partial charge in [-0.05, 0) is 43.5 Å². The van der Waals surface area contributed by atoms with Crippen LogP contribution in [0.4, 0.5) is 5.69 Å². The fourth-order valence-electron chi connectivity index (χ4n) is 4.57. The van der Waals surface area contributed by atoms with Crippen molar-refractivity contribution in [2.24, 2.45) is 0 Å². The number of amides is 2. The first-order chi connectivity index (χ1) is 17.5. The molecule has 37 heavy (non-hydrogen) atoms. The van der Waals surface area contributed by atoms with Crippen molar-refractivity contribution < 1.29 is 18.0 Å². The standard InChI is InChI=1S/C26H32Cl3N3O4S/c1-3-23(26(34)30-18-10-5-4-6-11-18)31(16-19-20(27)13-9-14-21(19)28)25(33)17-32(37(2,35)36)24-15-8-7-12-22(24)29/h7-9,12-15,18,23H,3-6,10-11,16-17H2,1-2H3,(H,30,34). The quantitative estimate of drug-likeness (QED) is 0.388. The lowest BCUT2D eigenvalue weighted by Gasteiger charge is -2.34. The summed E-state index contributed by atoms with van der Waals surface area (Å²) >= 11 is 19.1. The van der Waals surface area contributed by atoms with E-state index in [4.69, 9.17) is 34.8 Å². The molecule has 7 nitrogen and oxygen atoms in total. The van der Waals surface area contributed by atoms with Crippen molar-refractivity contribution in [3.63, 3.8) is 0 Å². The number of carbonyl (C=O) groups excluding carboxylic acids is 2. The van der Waals surface area contributed by atoms with Crippen molar-refractivity contribution in [2.45, 2.75) is 64.1 Å². The molecule has 0 bridgehead atoms. The highest BCUT2D eigenvalue weighted by molar-refractivity contribution is 7.92. The zero-order valence-electron chi connectivity index (χ0n) is 20.9. The summed E-state index contributed by atoms with van der Waals surface area (Å²) in [4.78, 5) is 28.6. The molecule has 0 spiro atoms. The van der Waals surface area contributed by atoms with Crippen molar-refractivity contribution in [1.82, 2.24) is 10.2 Å². The number of para-hydroxylation sites is 1. The summed E-state index contributed by atoms with van der Waals surface area (Å²) in [5.41, 5.74) is 0.655. The predicted molar refractivity (Wildman–Crippen MR) is 150 cm³/mol. The van der Waals surface area contributed by atoms with Gasteiger partial charge in [0.05, 0.1) is 17.0 Å². The van der Waals surface area contributed by atoms with Gasteiger partial charge in [0.2, 0.25) is 21.8 Å². The molecule has 1 saturated carbocycles. The molecular formula is C26H32Cl3N3O4S. The monoisotopic (exact) mass is 587 g/mol. The first-order valence-electron chi connectivity index (χ1n) is 12.3. The van der Waals surface area contributed by atoms with Gasteiger partial charge in [0, 0.05) is 28.2 Å². The van der Waals surface area contributed by atoms with Gasteiger partial charge in [0.25, 0.3) is 0 Å². The highest BCUT2D eigenvalue weighted by atomic mass is 35.5. The van der Waals surface area contributed by atoms with E-state index < -0.39 is 28.5 Å². The number of halogens is 3. The Morgan fingerprint density at radius 3 is 2.14 bits per heavy atom. The van der Waals surface area contributed by atoms with E-state index in [2.05, 4.69) is 5.32 Å². The van der Waals surface area contributed by atoms with Crippen molar-refractivity contribution in [2.75, 3.05) is 17.1 Å². The van der Waals surface area contributed by atoms with Crippen LogP contribution in [0.1, 0.15) is 51.0 Å². The van der Waals surface area contributed by atoms with Crippen molar-refractivity contribution in [3.05, 3.63) is 63.1 Å². The summed E-state index contributed by atoms with van der Waals surface area (Å²) in [5.74, 6) is -0.860. The number of hydrogen-bond donors (Lipinski definition) is 1. The molecule has 1 N–H and O–H groups in total. The average Bonchev–Trinajstić information content (AvgIpc) is 2.84. The Bertz CT molecular complexity index is 1200. The van der Waals surface area contributed by atoms with Crippen molar-refractivity contribution in [3.8, 4) is 0 Å². The number of nitrogens with one attached hydrogen (secondary N) is 1. The first-order valence-corrected chi connectivity index (χ1v) is 15.3. The number of carbonyl (C=O) groups is 2. The maximum absolute atomic E-state index is 13.8. The molecule has 202 valence electrons. The molecule has 0 saturated heterocycles. The summed E-state index contributed by atoms with van der Waals surface area (Å²) in [6, 6.07) is 10.6. The van der Waals surface area contributed by atoms with E-state index in [0.717, 1.165) is 42.7 Å². The topological polar surface area (TPSA) is 86.8 Å². The summed E-state index contributed by atoms with van der Waals surface area (Å²) in [5, 5.41) is 3.97. The summed E-state index contributed by atoms with van der Waals surface area (Å²) in [6.45, 7) is 1.20. The van der Waals surface area contributed by atoms with Gasteiger partial charge in [-0.1, -0.05) is 79.2 Å². The van der Waals surface area contributed by atoms with Gasteiger partial charge in [-0.2, -0.15) is 0 Å². The van der Waals surface area contributed by atoms with Gasteiger partial charge in [-0.25, -0.2) is 8.42 Å². The summed E-state index contributed by atoms with van der Waals surface area (Å²) in [6.07, 6.45) is 6.33. The SMILES string of the molecule is CCC(C(=O)NC1CCCCC1)N(Cc1c(Cl)cccc1Cl)C(=O)CN(c1ccccc1Cl)S(C)(=O)=O. The molecule has 2 aromatic carbocycles. The van der Waals surface area contributed by atoms with E-state index in [1.54, 1.807) is 36.4 Å². The third kappa shape index (κ3) is 7.76. The maximum atomic E-state index is 13.8. The molecule has 1 fully saturated rings. The smallest absolute Gasteiger partial charge is 0.244 e. The minimum atomic E-state index is -3.88. The largest absolute Gasteiger partial charge is 0.352 e. The highest BCUT2D eigenvalue weighted by Crippen LogP contribution is 2.30. The second-order valence-electron chi connectivity index (χ2n) is 9.21. The lowest BCUT2D eigenvalue weighted by Crippen LogP contribution is -2.54. The van der Waals surface area contributed by atoms with Crippen molar-refractivity contribution >= 4 is 62.3 Å². The molecule has 2 amide bonds. The Hall–Kier alpha value is -2.00. The van der Waals surface area contributed by atoms with Crippen LogP contribution in [-0.4, -0.2) is 50.0 Å². The van der Waals surface area contributed by atoms with Crippen LogP contribution in [0.3, 0.4) is 0 Å². The van der Waals surface area contributed by atoms with Crippen LogP contribution in [0, 0.1) is 0 Å². The van der Waals surface area contributed by atoms with Gasteiger partial charge in [0.1, 0.15) is 12.6 Å². The molecule has 1 unspecified atom stereocenters. The van der Waals surface area contributed by atoms with Gasteiger partial charge in [-0.15, -0.1) is 0 Å². The number of rotatable bonds is 10. The van der Waals surface area contributed by atoms with E-state index in [-0.39, 0.29) is 29.2 Å². The van der Waals surface area contributed by atoms with E-state index in [0.29, 0.717) is 22.0 Å². The van der Waals surface area contributed by atoms with Crippen LogP contribution < -0.4 is 9.62 Å². The first kappa shape index (κ1) is 29.6.